The number of hydrogen-bond acceptors (Lipinski definition) is 2. The molecule has 1 unspecified atom stereocenters. The van der Waals surface area contributed by atoms with Crippen molar-refractivity contribution in [2.45, 2.75) is 52.1 Å². The summed E-state index contributed by atoms with van der Waals surface area (Å²) in [6, 6.07) is 5.87. The number of anilines is 1. The number of nitrogens with zero attached hydrogens (tertiary/aromatic N) is 1. The van der Waals surface area contributed by atoms with Crippen LogP contribution in [0.15, 0.2) is 12.1 Å². The van der Waals surface area contributed by atoms with Crippen LogP contribution in [0.2, 0.25) is 0 Å². The predicted molar refractivity (Wildman–Crippen MR) is 99.8 cm³/mol. The Hall–Kier alpha value is -1.39. The summed E-state index contributed by atoms with van der Waals surface area (Å²) in [7, 11) is -1.18. The van der Waals surface area contributed by atoms with Gasteiger partial charge in [-0.2, -0.15) is 5.26 Å². The molecule has 0 radical (unpaired) electrons. The number of amides is 1. The number of carbonyl (C=O) groups is 1. The fraction of sp³-hybridized carbons (Fsp3) is 0.579. The number of rotatable bonds is 4. The Balaban J connectivity index is 2.22. The number of carbonyl (C=O) groups excluding carboxylic acids is 1. The molecule has 3 nitrogen and oxygen atoms in total. The lowest BCUT2D eigenvalue weighted by Crippen LogP contribution is -2.33. The van der Waals surface area contributed by atoms with Gasteiger partial charge in [-0.1, -0.05) is 6.92 Å². The minimum Gasteiger partial charge on any atom is -0.322 e. The summed E-state index contributed by atoms with van der Waals surface area (Å²) < 4.78 is 0. The lowest BCUT2D eigenvalue weighted by atomic mass is 10.0. The molecule has 1 atom stereocenters. The number of nitrogens with one attached hydrogen (secondary N) is 1. The first kappa shape index (κ1) is 18.0. The third kappa shape index (κ3) is 3.93. The first-order valence-electron chi connectivity index (χ1n) is 8.57. The van der Waals surface area contributed by atoms with Crippen molar-refractivity contribution in [3.63, 3.8) is 0 Å². The molecule has 1 fully saturated rings. The van der Waals surface area contributed by atoms with Crippen LogP contribution >= 0.6 is 7.26 Å². The van der Waals surface area contributed by atoms with Gasteiger partial charge in [0.25, 0.3) is 5.91 Å². The normalized spacial score (nSPS) is 18.0. The van der Waals surface area contributed by atoms with Gasteiger partial charge >= 0.3 is 0 Å². The Labute approximate surface area is 140 Å². The standard InChI is InChI=1S/C19H27N2OP/c1-5-17(23(4)9-7-6-8-10-23)19(22)21-18-14(2)11-16(13-20)12-15(18)3/h11-12,17H,5-10H2,1-4H3/p+1. The van der Waals surface area contributed by atoms with Gasteiger partial charge in [-0.05, 0) is 62.8 Å². The Morgan fingerprint density at radius 1 is 1.26 bits per heavy atom. The average molecular weight is 331 g/mol. The van der Waals surface area contributed by atoms with E-state index in [9.17, 15) is 4.79 Å². The molecule has 124 valence electrons. The topological polar surface area (TPSA) is 52.9 Å². The van der Waals surface area contributed by atoms with Crippen LogP contribution in [0.4, 0.5) is 5.69 Å². The predicted octanol–water partition coefficient (Wildman–Crippen LogP) is 4.72. The fourth-order valence-corrected chi connectivity index (χ4v) is 8.14. The second kappa shape index (κ2) is 7.45. The van der Waals surface area contributed by atoms with E-state index in [0.717, 1.165) is 23.2 Å². The van der Waals surface area contributed by atoms with Crippen LogP contribution in [0.5, 0.6) is 0 Å². The highest BCUT2D eigenvalue weighted by Crippen LogP contribution is 2.63. The first-order chi connectivity index (χ1) is 10.9. The summed E-state index contributed by atoms with van der Waals surface area (Å²) in [4.78, 5) is 13.0. The van der Waals surface area contributed by atoms with E-state index in [-0.39, 0.29) is 11.6 Å². The maximum atomic E-state index is 13.0. The minimum atomic E-state index is -1.18. The van der Waals surface area contributed by atoms with Crippen molar-refractivity contribution in [2.75, 3.05) is 24.3 Å². The van der Waals surface area contributed by atoms with Gasteiger partial charge < -0.3 is 5.32 Å². The smallest absolute Gasteiger partial charge is 0.265 e. The third-order valence-corrected chi connectivity index (χ3v) is 9.97. The fourth-order valence-electron chi connectivity index (χ4n) is 3.89. The summed E-state index contributed by atoms with van der Waals surface area (Å²) in [5.74, 6) is 0.182. The van der Waals surface area contributed by atoms with Crippen molar-refractivity contribution in [3.8, 4) is 6.07 Å². The number of hydrogen-bond donors (Lipinski definition) is 1. The molecule has 0 saturated carbocycles. The third-order valence-electron chi connectivity index (χ3n) is 5.19. The second-order valence-electron chi connectivity index (χ2n) is 7.00. The molecule has 1 aliphatic heterocycles. The van der Waals surface area contributed by atoms with Crippen molar-refractivity contribution in [3.05, 3.63) is 28.8 Å². The molecule has 0 aliphatic carbocycles. The molecule has 1 aromatic carbocycles. The van der Waals surface area contributed by atoms with Gasteiger partial charge in [0.15, 0.2) is 0 Å². The van der Waals surface area contributed by atoms with Gasteiger partial charge in [0, 0.05) is 19.6 Å². The van der Waals surface area contributed by atoms with Crippen LogP contribution in [0.3, 0.4) is 0 Å². The molecule has 0 aromatic heterocycles. The molecule has 1 heterocycles. The molecular formula is C19H28N2OP+. The van der Waals surface area contributed by atoms with Crippen molar-refractivity contribution in [1.82, 2.24) is 0 Å². The van der Waals surface area contributed by atoms with E-state index in [1.165, 1.54) is 31.6 Å². The Kier molecular flexibility index (Phi) is 5.82. The van der Waals surface area contributed by atoms with Crippen LogP contribution in [0, 0.1) is 25.2 Å². The van der Waals surface area contributed by atoms with Gasteiger partial charge in [0.05, 0.1) is 24.0 Å². The van der Waals surface area contributed by atoms with Crippen molar-refractivity contribution in [2.24, 2.45) is 0 Å². The maximum Gasteiger partial charge on any atom is 0.265 e. The minimum absolute atomic E-state index is 0.164. The largest absolute Gasteiger partial charge is 0.322 e. The van der Waals surface area contributed by atoms with Gasteiger partial charge in [0.1, 0.15) is 5.66 Å². The van der Waals surface area contributed by atoms with Crippen LogP contribution in [0.1, 0.15) is 49.3 Å². The summed E-state index contributed by atoms with van der Waals surface area (Å²) >= 11 is 0. The van der Waals surface area contributed by atoms with E-state index in [1.807, 2.05) is 26.0 Å². The Morgan fingerprint density at radius 2 is 1.83 bits per heavy atom. The van der Waals surface area contributed by atoms with Crippen LogP contribution < -0.4 is 5.32 Å². The number of aryl methyl sites for hydroxylation is 2. The molecule has 4 heteroatoms. The first-order valence-corrected chi connectivity index (χ1v) is 11.3. The monoisotopic (exact) mass is 331 g/mol. The van der Waals surface area contributed by atoms with E-state index >= 15 is 0 Å². The molecule has 1 aliphatic rings. The van der Waals surface area contributed by atoms with Crippen LogP contribution in [-0.2, 0) is 4.79 Å². The summed E-state index contributed by atoms with van der Waals surface area (Å²) in [5, 5.41) is 12.2. The zero-order valence-electron chi connectivity index (χ0n) is 14.8. The molecule has 0 bridgehead atoms. The van der Waals surface area contributed by atoms with Gasteiger partial charge in [-0.25, -0.2) is 0 Å². The lowest BCUT2D eigenvalue weighted by molar-refractivity contribution is -0.115. The van der Waals surface area contributed by atoms with E-state index in [1.54, 1.807) is 0 Å². The van der Waals surface area contributed by atoms with Gasteiger partial charge in [-0.3, -0.25) is 4.79 Å². The second-order valence-corrected chi connectivity index (χ2v) is 11.5. The van der Waals surface area contributed by atoms with Gasteiger partial charge in [0.2, 0.25) is 0 Å². The van der Waals surface area contributed by atoms with E-state index in [4.69, 9.17) is 5.26 Å². The van der Waals surface area contributed by atoms with Gasteiger partial charge in [-0.15, -0.1) is 0 Å². The van der Waals surface area contributed by atoms with E-state index in [2.05, 4.69) is 25.0 Å². The summed E-state index contributed by atoms with van der Waals surface area (Å²) in [5.41, 5.74) is 3.64. The Morgan fingerprint density at radius 3 is 2.30 bits per heavy atom. The quantitative estimate of drug-likeness (QED) is 0.811. The highest BCUT2D eigenvalue weighted by atomic mass is 31.2. The van der Waals surface area contributed by atoms with Crippen molar-refractivity contribution >= 4 is 18.9 Å². The SMILES string of the molecule is CCC(C(=O)Nc1c(C)cc(C#N)cc1C)[P+]1(C)CCCCC1. The van der Waals surface area contributed by atoms with Crippen LogP contribution in [-0.4, -0.2) is 30.6 Å². The van der Waals surface area contributed by atoms with Crippen molar-refractivity contribution < 1.29 is 4.79 Å². The average Bonchev–Trinajstić information content (AvgIpc) is 2.51. The zero-order chi connectivity index (χ0) is 17.0. The highest BCUT2D eigenvalue weighted by Gasteiger charge is 2.45. The molecular weight excluding hydrogens is 303 g/mol. The lowest BCUT2D eigenvalue weighted by Gasteiger charge is -2.33. The molecule has 1 saturated heterocycles. The summed E-state index contributed by atoms with van der Waals surface area (Å²) in [6.45, 7) is 8.45. The van der Waals surface area contributed by atoms with E-state index in [0.29, 0.717) is 5.56 Å². The molecule has 23 heavy (non-hydrogen) atoms. The number of benzene rings is 1. The van der Waals surface area contributed by atoms with E-state index < -0.39 is 7.26 Å². The van der Waals surface area contributed by atoms with Crippen LogP contribution in [0.25, 0.3) is 0 Å². The summed E-state index contributed by atoms with van der Waals surface area (Å²) in [6.07, 6.45) is 7.31. The number of nitriles is 1. The Bertz CT molecular complexity index is 604. The molecule has 1 N–H and O–H groups in total. The molecule has 2 rings (SSSR count). The maximum absolute atomic E-state index is 13.0. The molecule has 1 aromatic rings. The molecule has 0 spiro atoms. The highest BCUT2D eigenvalue weighted by molar-refractivity contribution is 7.76. The zero-order valence-corrected chi connectivity index (χ0v) is 15.7. The van der Waals surface area contributed by atoms with Crippen molar-refractivity contribution in [1.29, 1.82) is 5.26 Å². The molecule has 1 amide bonds.